The van der Waals surface area contributed by atoms with Crippen LogP contribution >= 0.6 is 11.6 Å². The number of halogens is 4. The SMILES string of the molecule is CN(C)CCNC(=O)C1(C(=O)Nc2ccc(Cl)c(C(F)(F)F)c2)CC1. The number of alkyl halides is 3. The molecule has 2 rings (SSSR count). The standard InChI is InChI=1S/C16H19ClF3N3O2/c1-23(2)8-7-21-13(24)15(5-6-15)14(25)22-10-3-4-12(17)11(9-10)16(18,19)20/h3-4,9H,5-8H2,1-2H3,(H,21,24)(H,22,25). The maximum atomic E-state index is 12.9. The summed E-state index contributed by atoms with van der Waals surface area (Å²) in [7, 11) is 3.70. The summed E-state index contributed by atoms with van der Waals surface area (Å²) in [5.41, 5.74) is -2.29. The Balaban J connectivity index is 2.05. The quantitative estimate of drug-likeness (QED) is 0.749. The van der Waals surface area contributed by atoms with E-state index < -0.39 is 34.0 Å². The van der Waals surface area contributed by atoms with Crippen molar-refractivity contribution in [2.75, 3.05) is 32.5 Å². The van der Waals surface area contributed by atoms with Crippen molar-refractivity contribution in [1.82, 2.24) is 10.2 Å². The molecule has 138 valence electrons. The zero-order valence-corrected chi connectivity index (χ0v) is 14.6. The van der Waals surface area contributed by atoms with Crippen LogP contribution in [0.5, 0.6) is 0 Å². The molecule has 0 heterocycles. The minimum Gasteiger partial charge on any atom is -0.354 e. The van der Waals surface area contributed by atoms with Gasteiger partial charge in [-0.3, -0.25) is 9.59 Å². The normalized spacial score (nSPS) is 15.8. The number of carbonyl (C=O) groups excluding carboxylic acids is 2. The van der Waals surface area contributed by atoms with E-state index >= 15 is 0 Å². The second-order valence-electron chi connectivity index (χ2n) is 6.29. The smallest absolute Gasteiger partial charge is 0.354 e. The second-order valence-corrected chi connectivity index (χ2v) is 6.69. The topological polar surface area (TPSA) is 61.4 Å². The maximum Gasteiger partial charge on any atom is 0.417 e. The molecule has 0 aromatic heterocycles. The Morgan fingerprint density at radius 3 is 2.40 bits per heavy atom. The summed E-state index contributed by atoms with van der Waals surface area (Å²) in [5, 5.41) is 4.63. The molecule has 1 aliphatic rings. The summed E-state index contributed by atoms with van der Waals surface area (Å²) in [5.74, 6) is -1.01. The predicted octanol–water partition coefficient (Wildman–Crippen LogP) is 2.76. The molecular formula is C16H19ClF3N3O2. The van der Waals surface area contributed by atoms with E-state index in [9.17, 15) is 22.8 Å². The third kappa shape index (κ3) is 4.64. The molecular weight excluding hydrogens is 359 g/mol. The van der Waals surface area contributed by atoms with Crippen molar-refractivity contribution >= 4 is 29.1 Å². The van der Waals surface area contributed by atoms with Gasteiger partial charge in [0.15, 0.2) is 0 Å². The molecule has 9 heteroatoms. The summed E-state index contributed by atoms with van der Waals surface area (Å²) < 4.78 is 38.6. The van der Waals surface area contributed by atoms with Gasteiger partial charge in [-0.25, -0.2) is 0 Å². The van der Waals surface area contributed by atoms with Crippen LogP contribution < -0.4 is 10.6 Å². The molecule has 0 radical (unpaired) electrons. The third-order valence-corrected chi connectivity index (χ3v) is 4.32. The highest BCUT2D eigenvalue weighted by Crippen LogP contribution is 2.47. The molecule has 0 atom stereocenters. The number of hydrogen-bond donors (Lipinski definition) is 2. The first kappa shape index (κ1) is 19.5. The van der Waals surface area contributed by atoms with Gasteiger partial charge in [0.05, 0.1) is 10.6 Å². The first-order valence-corrected chi connectivity index (χ1v) is 8.05. The molecule has 2 amide bonds. The van der Waals surface area contributed by atoms with Crippen LogP contribution in [-0.2, 0) is 15.8 Å². The minimum absolute atomic E-state index is 0.0471. The number of nitrogens with zero attached hydrogens (tertiary/aromatic N) is 1. The van der Waals surface area contributed by atoms with Gasteiger partial charge in [0.25, 0.3) is 0 Å². The van der Waals surface area contributed by atoms with Gasteiger partial charge >= 0.3 is 6.18 Å². The van der Waals surface area contributed by atoms with Crippen LogP contribution in [0.3, 0.4) is 0 Å². The van der Waals surface area contributed by atoms with E-state index in [2.05, 4.69) is 10.6 Å². The molecule has 2 N–H and O–H groups in total. The molecule has 1 aliphatic carbocycles. The summed E-state index contributed by atoms with van der Waals surface area (Å²) >= 11 is 5.55. The summed E-state index contributed by atoms with van der Waals surface area (Å²) in [4.78, 5) is 26.5. The molecule has 1 aromatic carbocycles. The van der Waals surface area contributed by atoms with Gasteiger partial charge in [0.2, 0.25) is 11.8 Å². The molecule has 0 bridgehead atoms. The lowest BCUT2D eigenvalue weighted by atomic mass is 10.0. The van der Waals surface area contributed by atoms with Gasteiger partial charge < -0.3 is 15.5 Å². The van der Waals surface area contributed by atoms with Gasteiger partial charge in [0.1, 0.15) is 5.41 Å². The van der Waals surface area contributed by atoms with E-state index in [1.165, 1.54) is 6.07 Å². The largest absolute Gasteiger partial charge is 0.417 e. The number of rotatable bonds is 6. The number of carbonyl (C=O) groups is 2. The molecule has 0 unspecified atom stereocenters. The fourth-order valence-electron chi connectivity index (χ4n) is 2.32. The lowest BCUT2D eigenvalue weighted by Gasteiger charge is -2.17. The predicted molar refractivity (Wildman–Crippen MR) is 88.3 cm³/mol. The molecule has 1 saturated carbocycles. The van der Waals surface area contributed by atoms with Crippen LogP contribution in [0.15, 0.2) is 18.2 Å². The van der Waals surface area contributed by atoms with E-state index in [1.807, 2.05) is 19.0 Å². The average Bonchev–Trinajstić information content (AvgIpc) is 3.29. The van der Waals surface area contributed by atoms with Crippen LogP contribution in [0, 0.1) is 5.41 Å². The number of nitrogens with one attached hydrogen (secondary N) is 2. The average molecular weight is 378 g/mol. The van der Waals surface area contributed by atoms with Crippen molar-refractivity contribution in [1.29, 1.82) is 0 Å². The van der Waals surface area contributed by atoms with Gasteiger partial charge in [-0.15, -0.1) is 0 Å². The van der Waals surface area contributed by atoms with E-state index in [0.29, 0.717) is 25.9 Å². The van der Waals surface area contributed by atoms with Gasteiger partial charge in [-0.2, -0.15) is 13.2 Å². The maximum absolute atomic E-state index is 12.9. The lowest BCUT2D eigenvalue weighted by Crippen LogP contribution is -2.42. The lowest BCUT2D eigenvalue weighted by molar-refractivity contribution is -0.138. The van der Waals surface area contributed by atoms with Crippen molar-refractivity contribution in [3.05, 3.63) is 28.8 Å². The monoisotopic (exact) mass is 377 g/mol. The van der Waals surface area contributed by atoms with Gasteiger partial charge in [-0.05, 0) is 45.1 Å². The van der Waals surface area contributed by atoms with E-state index in [0.717, 1.165) is 12.1 Å². The van der Waals surface area contributed by atoms with Crippen LogP contribution in [0.2, 0.25) is 5.02 Å². The van der Waals surface area contributed by atoms with Crippen molar-refractivity contribution in [2.24, 2.45) is 5.41 Å². The second kappa shape index (κ2) is 7.21. The highest BCUT2D eigenvalue weighted by molar-refractivity contribution is 6.31. The first-order chi connectivity index (χ1) is 11.6. The van der Waals surface area contributed by atoms with E-state index in [4.69, 9.17) is 11.6 Å². The summed E-state index contributed by atoms with van der Waals surface area (Å²) in [6.45, 7) is 1.01. The Morgan fingerprint density at radius 1 is 1.24 bits per heavy atom. The zero-order valence-electron chi connectivity index (χ0n) is 13.8. The van der Waals surface area contributed by atoms with Crippen LogP contribution in [0.4, 0.5) is 18.9 Å². The van der Waals surface area contributed by atoms with Crippen LogP contribution in [0.25, 0.3) is 0 Å². The van der Waals surface area contributed by atoms with E-state index in [1.54, 1.807) is 0 Å². The fraction of sp³-hybridized carbons (Fsp3) is 0.500. The Labute approximate surface area is 148 Å². The molecule has 1 aromatic rings. The number of amides is 2. The molecule has 1 fully saturated rings. The number of anilines is 1. The van der Waals surface area contributed by atoms with E-state index in [-0.39, 0.29) is 5.69 Å². The highest BCUT2D eigenvalue weighted by Gasteiger charge is 2.56. The molecule has 5 nitrogen and oxygen atoms in total. The highest BCUT2D eigenvalue weighted by atomic mass is 35.5. The Kier molecular flexibility index (Phi) is 5.63. The Morgan fingerprint density at radius 2 is 1.88 bits per heavy atom. The molecule has 0 spiro atoms. The first-order valence-electron chi connectivity index (χ1n) is 7.67. The van der Waals surface area contributed by atoms with Crippen LogP contribution in [0.1, 0.15) is 18.4 Å². The molecule has 0 saturated heterocycles. The van der Waals surface area contributed by atoms with Crippen molar-refractivity contribution < 1.29 is 22.8 Å². The zero-order chi connectivity index (χ0) is 18.8. The summed E-state index contributed by atoms with van der Waals surface area (Å²) in [6, 6.07) is 3.10. The van der Waals surface area contributed by atoms with Gasteiger partial charge in [0, 0.05) is 18.8 Å². The summed E-state index contributed by atoms with van der Waals surface area (Å²) in [6.07, 6.45) is -3.89. The Bertz CT molecular complexity index is 673. The number of hydrogen-bond acceptors (Lipinski definition) is 3. The Hall–Kier alpha value is -1.80. The van der Waals surface area contributed by atoms with Gasteiger partial charge in [-0.1, -0.05) is 11.6 Å². The van der Waals surface area contributed by atoms with Crippen molar-refractivity contribution in [2.45, 2.75) is 19.0 Å². The minimum atomic E-state index is -4.63. The number of benzene rings is 1. The van der Waals surface area contributed by atoms with Crippen LogP contribution in [-0.4, -0.2) is 43.9 Å². The third-order valence-electron chi connectivity index (χ3n) is 3.99. The fourth-order valence-corrected chi connectivity index (χ4v) is 2.54. The number of likely N-dealkylation sites (N-methyl/N-ethyl adjacent to an activating group) is 1. The van der Waals surface area contributed by atoms with Crippen molar-refractivity contribution in [3.63, 3.8) is 0 Å². The van der Waals surface area contributed by atoms with Crippen molar-refractivity contribution in [3.8, 4) is 0 Å². The molecule has 0 aliphatic heterocycles. The molecule has 25 heavy (non-hydrogen) atoms.